The first-order valence-corrected chi connectivity index (χ1v) is 11.0. The number of aliphatic hydroxyl groups is 1. The highest BCUT2D eigenvalue weighted by atomic mass is 16.3. The van der Waals surface area contributed by atoms with Gasteiger partial charge >= 0.3 is 0 Å². The van der Waals surface area contributed by atoms with Crippen molar-refractivity contribution < 1.29 is 14.7 Å². The van der Waals surface area contributed by atoms with E-state index in [9.17, 15) is 14.7 Å². The number of amides is 2. The summed E-state index contributed by atoms with van der Waals surface area (Å²) in [7, 11) is 1.80. The quantitative estimate of drug-likeness (QED) is 0.261. The van der Waals surface area contributed by atoms with E-state index < -0.39 is 24.0 Å². The van der Waals surface area contributed by atoms with Gasteiger partial charge in [0.05, 0.1) is 17.1 Å². The number of para-hydroxylation sites is 1. The summed E-state index contributed by atoms with van der Waals surface area (Å²) in [6, 6.07) is 22.4. The molecule has 5 aromatic rings. The van der Waals surface area contributed by atoms with Gasteiger partial charge in [0, 0.05) is 23.6 Å². The zero-order chi connectivity index (χ0) is 24.5. The molecular formula is C26H24N6O3. The van der Waals surface area contributed by atoms with E-state index >= 15 is 0 Å². The standard InChI is InChI=1S/C26H24N6O3/c1-32-20-10-6-5-9-16(20)13-21(32)24(34)31-22(15-7-3-2-4-8-15)23(33)25(35)28-17-11-12-18-19(14-17)30-26(27)29-18/h2-14,22-23,33H,1H3,(H,28,35)(H,31,34)(H3,27,29,30). The summed E-state index contributed by atoms with van der Waals surface area (Å²) in [5, 5.41) is 17.5. The molecule has 0 fully saturated rings. The number of aryl methyl sites for hydroxylation is 1. The molecule has 35 heavy (non-hydrogen) atoms. The predicted molar refractivity (Wildman–Crippen MR) is 135 cm³/mol. The van der Waals surface area contributed by atoms with Crippen molar-refractivity contribution in [1.29, 1.82) is 0 Å². The molecule has 2 heterocycles. The highest BCUT2D eigenvalue weighted by Crippen LogP contribution is 2.23. The molecule has 0 spiro atoms. The average Bonchev–Trinajstić information content (AvgIpc) is 3.41. The summed E-state index contributed by atoms with van der Waals surface area (Å²) >= 11 is 0. The summed E-state index contributed by atoms with van der Waals surface area (Å²) in [6.45, 7) is 0. The summed E-state index contributed by atoms with van der Waals surface area (Å²) < 4.78 is 1.78. The van der Waals surface area contributed by atoms with Gasteiger partial charge in [0.1, 0.15) is 5.69 Å². The molecule has 3 aromatic carbocycles. The summed E-state index contributed by atoms with van der Waals surface area (Å²) in [6.07, 6.45) is -1.56. The van der Waals surface area contributed by atoms with Crippen LogP contribution >= 0.6 is 0 Å². The molecule has 9 heteroatoms. The number of aliphatic hydroxyl groups excluding tert-OH is 1. The van der Waals surface area contributed by atoms with Crippen molar-refractivity contribution in [2.45, 2.75) is 12.1 Å². The minimum atomic E-state index is -1.56. The SMILES string of the molecule is Cn1c(C(=O)NC(c2ccccc2)C(O)C(=O)Nc2ccc3nc(N)[nH]c3c2)cc2ccccc21. The molecule has 2 unspecified atom stereocenters. The maximum absolute atomic E-state index is 13.3. The fraction of sp³-hybridized carbons (Fsp3) is 0.115. The maximum Gasteiger partial charge on any atom is 0.268 e. The monoisotopic (exact) mass is 468 g/mol. The molecule has 0 saturated carbocycles. The Kier molecular flexibility index (Phi) is 5.68. The first-order chi connectivity index (χ1) is 16.9. The molecule has 0 aliphatic rings. The first-order valence-electron chi connectivity index (χ1n) is 11.0. The van der Waals surface area contributed by atoms with Crippen LogP contribution in [0.15, 0.2) is 78.9 Å². The summed E-state index contributed by atoms with van der Waals surface area (Å²) in [4.78, 5) is 33.3. The molecule has 2 aromatic heterocycles. The Hall–Kier alpha value is -4.63. The minimum Gasteiger partial charge on any atom is -0.381 e. The van der Waals surface area contributed by atoms with Gasteiger partial charge in [-0.3, -0.25) is 9.59 Å². The molecule has 9 nitrogen and oxygen atoms in total. The van der Waals surface area contributed by atoms with E-state index in [4.69, 9.17) is 5.73 Å². The number of rotatable bonds is 6. The number of fused-ring (bicyclic) bond motifs is 2. The van der Waals surface area contributed by atoms with Crippen LogP contribution in [-0.4, -0.2) is 37.6 Å². The largest absolute Gasteiger partial charge is 0.381 e. The van der Waals surface area contributed by atoms with Crippen LogP contribution < -0.4 is 16.4 Å². The lowest BCUT2D eigenvalue weighted by Gasteiger charge is -2.24. The van der Waals surface area contributed by atoms with Gasteiger partial charge in [-0.05, 0) is 35.9 Å². The molecule has 2 amide bonds. The van der Waals surface area contributed by atoms with E-state index in [-0.39, 0.29) is 5.95 Å². The van der Waals surface area contributed by atoms with Gasteiger partial charge in [-0.2, -0.15) is 0 Å². The second kappa shape index (κ2) is 8.96. The van der Waals surface area contributed by atoms with Gasteiger partial charge < -0.3 is 31.0 Å². The second-order valence-electron chi connectivity index (χ2n) is 8.30. The number of nitrogens with one attached hydrogen (secondary N) is 3. The molecule has 176 valence electrons. The summed E-state index contributed by atoms with van der Waals surface area (Å²) in [5.74, 6) is -0.800. The van der Waals surface area contributed by atoms with Crippen molar-refractivity contribution in [2.75, 3.05) is 11.1 Å². The van der Waals surface area contributed by atoms with Crippen molar-refractivity contribution in [3.05, 3.63) is 90.1 Å². The Bertz CT molecular complexity index is 1540. The number of carbonyl (C=O) groups excluding carboxylic acids is 2. The molecule has 0 bridgehead atoms. The van der Waals surface area contributed by atoms with Crippen LogP contribution in [0.2, 0.25) is 0 Å². The number of benzene rings is 3. The lowest BCUT2D eigenvalue weighted by atomic mass is 10.00. The number of nitrogens with zero attached hydrogens (tertiary/aromatic N) is 2. The number of hydrogen-bond acceptors (Lipinski definition) is 5. The van der Waals surface area contributed by atoms with E-state index in [1.807, 2.05) is 30.3 Å². The number of nitrogen functional groups attached to an aromatic ring is 1. The third kappa shape index (κ3) is 4.32. The van der Waals surface area contributed by atoms with Gasteiger partial charge in [0.25, 0.3) is 11.8 Å². The Morgan fingerprint density at radius 3 is 2.54 bits per heavy atom. The van der Waals surface area contributed by atoms with Gasteiger partial charge in [-0.15, -0.1) is 0 Å². The van der Waals surface area contributed by atoms with Crippen LogP contribution in [0.25, 0.3) is 21.9 Å². The number of hydrogen-bond donors (Lipinski definition) is 5. The van der Waals surface area contributed by atoms with Crippen LogP contribution in [0.1, 0.15) is 22.1 Å². The Balaban J connectivity index is 1.41. The van der Waals surface area contributed by atoms with Crippen LogP contribution in [0.4, 0.5) is 11.6 Å². The molecule has 5 rings (SSSR count). The van der Waals surface area contributed by atoms with E-state index in [0.29, 0.717) is 28.0 Å². The Labute approximate surface area is 200 Å². The molecule has 0 aliphatic heterocycles. The third-order valence-electron chi connectivity index (χ3n) is 5.98. The van der Waals surface area contributed by atoms with Crippen LogP contribution in [0, 0.1) is 0 Å². The topological polar surface area (TPSA) is 138 Å². The van der Waals surface area contributed by atoms with Crippen molar-refractivity contribution in [3.63, 3.8) is 0 Å². The van der Waals surface area contributed by atoms with E-state index in [0.717, 1.165) is 10.9 Å². The molecule has 2 atom stereocenters. The van der Waals surface area contributed by atoms with Gasteiger partial charge in [0.15, 0.2) is 12.1 Å². The van der Waals surface area contributed by atoms with E-state index in [2.05, 4.69) is 20.6 Å². The molecule has 6 N–H and O–H groups in total. The average molecular weight is 469 g/mol. The van der Waals surface area contributed by atoms with Gasteiger partial charge in [-0.1, -0.05) is 48.5 Å². The summed E-state index contributed by atoms with van der Waals surface area (Å²) in [5.41, 5.74) is 9.37. The smallest absolute Gasteiger partial charge is 0.268 e. The zero-order valence-corrected chi connectivity index (χ0v) is 18.9. The highest BCUT2D eigenvalue weighted by molar-refractivity contribution is 6.00. The molecular weight excluding hydrogens is 444 g/mol. The van der Waals surface area contributed by atoms with Crippen molar-refractivity contribution in [1.82, 2.24) is 19.9 Å². The number of aromatic nitrogens is 3. The van der Waals surface area contributed by atoms with Crippen molar-refractivity contribution >= 4 is 45.4 Å². The van der Waals surface area contributed by atoms with Crippen LogP contribution in [0.5, 0.6) is 0 Å². The number of anilines is 2. The maximum atomic E-state index is 13.3. The Morgan fingerprint density at radius 2 is 1.77 bits per heavy atom. The number of H-pyrrole nitrogens is 1. The molecule has 0 radical (unpaired) electrons. The van der Waals surface area contributed by atoms with Gasteiger partial charge in [0.2, 0.25) is 0 Å². The Morgan fingerprint density at radius 1 is 1.03 bits per heavy atom. The first kappa shape index (κ1) is 22.2. The highest BCUT2D eigenvalue weighted by Gasteiger charge is 2.30. The zero-order valence-electron chi connectivity index (χ0n) is 18.9. The lowest BCUT2D eigenvalue weighted by molar-refractivity contribution is -0.125. The predicted octanol–water partition coefficient (Wildman–Crippen LogP) is 3.11. The fourth-order valence-electron chi connectivity index (χ4n) is 4.20. The van der Waals surface area contributed by atoms with Crippen molar-refractivity contribution in [2.24, 2.45) is 7.05 Å². The van der Waals surface area contributed by atoms with E-state index in [1.54, 1.807) is 60.1 Å². The normalized spacial score (nSPS) is 13.0. The fourth-order valence-corrected chi connectivity index (χ4v) is 4.20. The van der Waals surface area contributed by atoms with Crippen LogP contribution in [-0.2, 0) is 11.8 Å². The molecule has 0 saturated heterocycles. The number of imidazole rings is 1. The van der Waals surface area contributed by atoms with Crippen LogP contribution in [0.3, 0.4) is 0 Å². The van der Waals surface area contributed by atoms with Gasteiger partial charge in [-0.25, -0.2) is 4.98 Å². The number of aromatic amines is 1. The third-order valence-corrected chi connectivity index (χ3v) is 5.98. The number of nitrogens with two attached hydrogens (primary N) is 1. The van der Waals surface area contributed by atoms with Crippen molar-refractivity contribution in [3.8, 4) is 0 Å². The number of carbonyl (C=O) groups is 2. The van der Waals surface area contributed by atoms with E-state index in [1.165, 1.54) is 0 Å². The lowest BCUT2D eigenvalue weighted by Crippen LogP contribution is -2.43. The second-order valence-corrected chi connectivity index (χ2v) is 8.30. The minimum absolute atomic E-state index is 0.267. The molecule has 0 aliphatic carbocycles.